The van der Waals surface area contributed by atoms with E-state index in [0.717, 1.165) is 18.4 Å². The molecule has 0 amide bonds. The number of aryl methyl sites for hydroxylation is 1. The molecule has 1 aromatic heterocycles. The molecule has 34 heavy (non-hydrogen) atoms. The number of hydrogen-bond donors (Lipinski definition) is 0. The van der Waals surface area contributed by atoms with Gasteiger partial charge in [0, 0.05) is 5.56 Å². The summed E-state index contributed by atoms with van der Waals surface area (Å²) in [7, 11) is 0. The maximum atomic E-state index is 12.9. The number of ether oxygens (including phenoxy) is 3. The molecule has 0 spiro atoms. The number of allylic oxidation sites excluding steroid dienone is 1. The second-order valence-corrected chi connectivity index (χ2v) is 9.31. The third-order valence-electron chi connectivity index (χ3n) is 5.99. The zero-order valence-electron chi connectivity index (χ0n) is 20.1. The summed E-state index contributed by atoms with van der Waals surface area (Å²) in [6, 6.07) is 13.1. The maximum Gasteiger partial charge on any atom is 0.354 e. The van der Waals surface area contributed by atoms with Crippen LogP contribution in [0, 0.1) is 12.3 Å². The first-order chi connectivity index (χ1) is 16.3. The third-order valence-corrected chi connectivity index (χ3v) is 5.99. The molecule has 6 heteroatoms. The van der Waals surface area contributed by atoms with Crippen LogP contribution in [0.5, 0.6) is 11.5 Å². The molecule has 0 bridgehead atoms. The van der Waals surface area contributed by atoms with Crippen molar-refractivity contribution in [2.24, 2.45) is 5.41 Å². The van der Waals surface area contributed by atoms with Gasteiger partial charge < -0.3 is 18.6 Å². The number of esters is 1. The summed E-state index contributed by atoms with van der Waals surface area (Å²) < 4.78 is 23.1. The number of rotatable bonds is 7. The number of benzene rings is 2. The van der Waals surface area contributed by atoms with Crippen molar-refractivity contribution in [3.63, 3.8) is 0 Å². The van der Waals surface area contributed by atoms with Crippen LogP contribution in [0.15, 0.2) is 63.8 Å². The number of hydrogen-bond acceptors (Lipinski definition) is 6. The van der Waals surface area contributed by atoms with E-state index < -0.39 is 11.6 Å². The van der Waals surface area contributed by atoms with Crippen LogP contribution in [-0.4, -0.2) is 18.7 Å². The van der Waals surface area contributed by atoms with E-state index in [1.54, 1.807) is 13.0 Å². The van der Waals surface area contributed by atoms with Gasteiger partial charge in [-0.3, -0.25) is 0 Å². The Kier molecular flexibility index (Phi) is 6.77. The Labute approximate surface area is 199 Å². The van der Waals surface area contributed by atoms with Crippen molar-refractivity contribution in [2.45, 2.75) is 53.2 Å². The molecular formula is C28H30O6. The highest BCUT2D eigenvalue weighted by Crippen LogP contribution is 2.37. The maximum absolute atomic E-state index is 12.9. The molecule has 0 fully saturated rings. The molecule has 0 N–H and O–H groups in total. The second-order valence-electron chi connectivity index (χ2n) is 9.31. The largest absolute Gasteiger partial charge is 0.487 e. The van der Waals surface area contributed by atoms with Crippen molar-refractivity contribution in [1.29, 1.82) is 0 Å². The molecule has 0 radical (unpaired) electrons. The minimum absolute atomic E-state index is 0.0702. The summed E-state index contributed by atoms with van der Waals surface area (Å²) >= 11 is 0. The minimum Gasteiger partial charge on any atom is -0.487 e. The number of fused-ring (bicyclic) bond motifs is 1. The lowest BCUT2D eigenvalue weighted by molar-refractivity contribution is 0.0516. The van der Waals surface area contributed by atoms with E-state index in [-0.39, 0.29) is 36.0 Å². The quantitative estimate of drug-likeness (QED) is 0.244. The first-order valence-corrected chi connectivity index (χ1v) is 11.6. The molecule has 2 aromatic carbocycles. The van der Waals surface area contributed by atoms with Crippen LogP contribution in [0.4, 0.5) is 0 Å². The molecule has 1 heterocycles. The molecule has 0 saturated heterocycles. The molecule has 1 atom stereocenters. The molecule has 0 aliphatic heterocycles. The van der Waals surface area contributed by atoms with E-state index in [1.165, 1.54) is 0 Å². The average Bonchev–Trinajstić information content (AvgIpc) is 2.79. The molecule has 0 saturated carbocycles. The van der Waals surface area contributed by atoms with Crippen molar-refractivity contribution in [2.75, 3.05) is 6.61 Å². The fourth-order valence-corrected chi connectivity index (χ4v) is 4.22. The topological polar surface area (TPSA) is 75.0 Å². The summed E-state index contributed by atoms with van der Waals surface area (Å²) in [6.07, 6.45) is 6.05. The van der Waals surface area contributed by atoms with Crippen LogP contribution in [0.2, 0.25) is 0 Å². The van der Waals surface area contributed by atoms with Gasteiger partial charge in [0.05, 0.1) is 12.0 Å². The summed E-state index contributed by atoms with van der Waals surface area (Å²) in [6.45, 7) is 8.26. The summed E-state index contributed by atoms with van der Waals surface area (Å²) in [4.78, 5) is 25.5. The van der Waals surface area contributed by atoms with Gasteiger partial charge in [-0.15, -0.1) is 0 Å². The van der Waals surface area contributed by atoms with Crippen LogP contribution in [0.25, 0.3) is 11.0 Å². The van der Waals surface area contributed by atoms with Gasteiger partial charge in [0.1, 0.15) is 24.0 Å². The Hall–Kier alpha value is -3.54. The van der Waals surface area contributed by atoms with Crippen molar-refractivity contribution in [3.8, 4) is 11.5 Å². The Morgan fingerprint density at radius 2 is 1.91 bits per heavy atom. The van der Waals surface area contributed by atoms with Gasteiger partial charge in [-0.1, -0.05) is 50.3 Å². The molecule has 4 rings (SSSR count). The molecule has 6 nitrogen and oxygen atoms in total. The van der Waals surface area contributed by atoms with E-state index in [9.17, 15) is 9.59 Å². The molecule has 178 valence electrons. The highest BCUT2D eigenvalue weighted by atomic mass is 16.5. The van der Waals surface area contributed by atoms with Crippen LogP contribution in [0.1, 0.15) is 55.1 Å². The normalized spacial score (nSPS) is 16.9. The Morgan fingerprint density at radius 3 is 2.62 bits per heavy atom. The standard InChI is InChI=1S/C28H30O6/c1-5-31-26(29)23-25(32-17-19-10-7-6-8-11-19)21-13-14-22(18(2)24(21)34-27(23)30)33-20-12-9-15-28(3,4)16-20/h6-14,20H,5,15-17H2,1-4H3/t20-/m1/s1. The fourth-order valence-electron chi connectivity index (χ4n) is 4.22. The first kappa shape index (κ1) is 23.6. The lowest BCUT2D eigenvalue weighted by atomic mass is 9.80. The van der Waals surface area contributed by atoms with Crippen LogP contribution in [-0.2, 0) is 11.3 Å². The van der Waals surface area contributed by atoms with Gasteiger partial charge in [-0.05, 0) is 55.9 Å². The van der Waals surface area contributed by atoms with E-state index in [2.05, 4.69) is 26.0 Å². The third kappa shape index (κ3) is 5.01. The minimum atomic E-state index is -0.798. The smallest absolute Gasteiger partial charge is 0.354 e. The van der Waals surface area contributed by atoms with Gasteiger partial charge in [-0.25, -0.2) is 9.59 Å². The van der Waals surface area contributed by atoms with Gasteiger partial charge in [0.2, 0.25) is 0 Å². The van der Waals surface area contributed by atoms with Crippen molar-refractivity contribution >= 4 is 16.9 Å². The lowest BCUT2D eigenvalue weighted by Crippen LogP contribution is -2.27. The van der Waals surface area contributed by atoms with Gasteiger partial charge in [0.15, 0.2) is 11.3 Å². The summed E-state index contributed by atoms with van der Waals surface area (Å²) in [5, 5.41) is 0.517. The van der Waals surface area contributed by atoms with Crippen molar-refractivity contribution < 1.29 is 23.4 Å². The van der Waals surface area contributed by atoms with Gasteiger partial charge >= 0.3 is 11.6 Å². The van der Waals surface area contributed by atoms with Crippen LogP contribution in [0.3, 0.4) is 0 Å². The second kappa shape index (κ2) is 9.75. The van der Waals surface area contributed by atoms with Crippen LogP contribution >= 0.6 is 0 Å². The first-order valence-electron chi connectivity index (χ1n) is 11.6. The SMILES string of the molecule is CCOC(=O)c1c(OCc2ccccc2)c2ccc(O[C@@H]3C=CCC(C)(C)C3)c(C)c2oc1=O. The predicted octanol–water partition coefficient (Wildman–Crippen LogP) is 5.98. The van der Waals surface area contributed by atoms with E-state index >= 15 is 0 Å². The Balaban J connectivity index is 1.76. The number of carbonyl (C=O) groups excluding carboxylic acids is 1. The zero-order valence-corrected chi connectivity index (χ0v) is 20.1. The predicted molar refractivity (Wildman–Crippen MR) is 131 cm³/mol. The zero-order chi connectivity index (χ0) is 24.3. The Morgan fingerprint density at radius 1 is 1.15 bits per heavy atom. The summed E-state index contributed by atoms with van der Waals surface area (Å²) in [5.74, 6) is 0.0107. The summed E-state index contributed by atoms with van der Waals surface area (Å²) in [5.41, 5.74) is 1.03. The molecule has 1 aliphatic rings. The molecule has 0 unspecified atom stereocenters. The van der Waals surface area contributed by atoms with Gasteiger partial charge in [-0.2, -0.15) is 0 Å². The van der Waals surface area contributed by atoms with Crippen molar-refractivity contribution in [3.05, 3.63) is 81.7 Å². The van der Waals surface area contributed by atoms with E-state index in [4.69, 9.17) is 18.6 Å². The van der Waals surface area contributed by atoms with Crippen LogP contribution < -0.4 is 15.1 Å². The highest BCUT2D eigenvalue weighted by Gasteiger charge is 2.28. The molecular weight excluding hydrogens is 432 g/mol. The van der Waals surface area contributed by atoms with Gasteiger partial charge in [0.25, 0.3) is 0 Å². The van der Waals surface area contributed by atoms with E-state index in [1.807, 2.05) is 43.3 Å². The van der Waals surface area contributed by atoms with E-state index in [0.29, 0.717) is 22.3 Å². The van der Waals surface area contributed by atoms with Crippen molar-refractivity contribution in [1.82, 2.24) is 0 Å². The number of carbonyl (C=O) groups is 1. The monoisotopic (exact) mass is 462 g/mol. The Bertz CT molecular complexity index is 1270. The lowest BCUT2D eigenvalue weighted by Gasteiger charge is -2.31. The highest BCUT2D eigenvalue weighted by molar-refractivity contribution is 5.99. The molecule has 1 aliphatic carbocycles. The fraction of sp³-hybridized carbons (Fsp3) is 0.357. The molecule has 3 aromatic rings. The average molecular weight is 463 g/mol.